The van der Waals surface area contributed by atoms with Crippen molar-refractivity contribution in [1.29, 1.82) is 5.26 Å². The van der Waals surface area contributed by atoms with Crippen molar-refractivity contribution in [2.75, 3.05) is 11.9 Å². The van der Waals surface area contributed by atoms with Crippen molar-refractivity contribution in [2.45, 2.75) is 33.1 Å². The predicted molar refractivity (Wildman–Crippen MR) is 124 cm³/mol. The van der Waals surface area contributed by atoms with E-state index in [2.05, 4.69) is 34.2 Å². The number of amides is 1. The van der Waals surface area contributed by atoms with E-state index in [9.17, 15) is 10.1 Å². The van der Waals surface area contributed by atoms with E-state index < -0.39 is 0 Å². The third-order valence-corrected chi connectivity index (χ3v) is 6.74. The van der Waals surface area contributed by atoms with E-state index in [1.165, 1.54) is 17.4 Å². The fourth-order valence-electron chi connectivity index (χ4n) is 3.40. The summed E-state index contributed by atoms with van der Waals surface area (Å²) in [6, 6.07) is 7.91. The lowest BCUT2D eigenvalue weighted by Gasteiger charge is -2.23. The summed E-state index contributed by atoms with van der Waals surface area (Å²) in [5.41, 5.74) is 3.44. The second-order valence-electron chi connectivity index (χ2n) is 6.95. The first-order chi connectivity index (χ1) is 13.9. The number of fused-ring (bicyclic) bond motifs is 1. The van der Waals surface area contributed by atoms with Gasteiger partial charge in [0.25, 0.3) is 0 Å². The summed E-state index contributed by atoms with van der Waals surface area (Å²) < 4.78 is 7.26. The summed E-state index contributed by atoms with van der Waals surface area (Å²) in [6.07, 6.45) is 5.91. The second-order valence-corrected chi connectivity index (χ2v) is 9.55. The summed E-state index contributed by atoms with van der Waals surface area (Å²) in [6.45, 7) is 4.65. The molecule has 0 saturated carbocycles. The Morgan fingerprint density at radius 1 is 1.48 bits per heavy atom. The standard InChI is InChI=1S/C22H21BrN2O2S2/c1-3-27-19-8-6-15(23)11-14(19)5-9-20(26)25-21-18(12-24)16-7-4-13(2)10-17(16)22(28)29-21/h5-6,8-9,11,13H,3-4,7,10H2,1-2H3,(H,25,26)/b9-5+. The predicted octanol–water partition coefficient (Wildman–Crippen LogP) is 6.29. The molecule has 4 nitrogen and oxygen atoms in total. The number of hydrogen-bond acceptors (Lipinski definition) is 5. The third kappa shape index (κ3) is 5.13. The van der Waals surface area contributed by atoms with Gasteiger partial charge in [0.2, 0.25) is 5.91 Å². The zero-order valence-corrected chi connectivity index (χ0v) is 19.5. The van der Waals surface area contributed by atoms with Crippen LogP contribution in [0, 0.1) is 21.1 Å². The molecule has 1 aromatic carbocycles. The van der Waals surface area contributed by atoms with Crippen LogP contribution in [-0.2, 0) is 17.6 Å². The lowest BCUT2D eigenvalue weighted by molar-refractivity contribution is -0.111. The highest BCUT2D eigenvalue weighted by Crippen LogP contribution is 2.36. The SMILES string of the molecule is CCOc1ccc(Br)cc1/C=C/C(=O)Nc1sc(=S)c2c(c1C#N)CCC(C)C2. The van der Waals surface area contributed by atoms with E-state index in [1.54, 1.807) is 6.08 Å². The smallest absolute Gasteiger partial charge is 0.249 e. The van der Waals surface area contributed by atoms with Crippen LogP contribution in [0.15, 0.2) is 28.7 Å². The molecule has 150 valence electrons. The minimum atomic E-state index is -0.307. The minimum absolute atomic E-state index is 0.307. The highest BCUT2D eigenvalue weighted by molar-refractivity contribution is 9.10. The first kappa shape index (κ1) is 21.7. The maximum absolute atomic E-state index is 12.6. The topological polar surface area (TPSA) is 62.1 Å². The summed E-state index contributed by atoms with van der Waals surface area (Å²) in [5.74, 6) is 0.964. The van der Waals surface area contributed by atoms with Crippen LogP contribution in [0.2, 0.25) is 0 Å². The molecular formula is C22H21BrN2O2S2. The van der Waals surface area contributed by atoms with Gasteiger partial charge in [-0.2, -0.15) is 5.26 Å². The molecule has 1 atom stereocenters. The van der Waals surface area contributed by atoms with Gasteiger partial charge < -0.3 is 10.1 Å². The van der Waals surface area contributed by atoms with Gasteiger partial charge in [-0.15, -0.1) is 11.3 Å². The molecule has 1 N–H and O–H groups in total. The number of carbonyl (C=O) groups is 1. The zero-order chi connectivity index (χ0) is 21.0. The average molecular weight is 489 g/mol. The fourth-order valence-corrected chi connectivity index (χ4v) is 5.17. The minimum Gasteiger partial charge on any atom is -0.493 e. The molecule has 1 unspecified atom stereocenters. The Hall–Kier alpha value is -2.01. The van der Waals surface area contributed by atoms with E-state index in [4.69, 9.17) is 17.0 Å². The van der Waals surface area contributed by atoms with Gasteiger partial charge in [-0.05, 0) is 67.5 Å². The molecule has 3 rings (SSSR count). The number of ether oxygens (including phenoxy) is 1. The molecule has 1 aliphatic carbocycles. The Morgan fingerprint density at radius 3 is 3.00 bits per heavy atom. The van der Waals surface area contributed by atoms with Gasteiger partial charge in [-0.1, -0.05) is 35.1 Å². The van der Waals surface area contributed by atoms with Crippen LogP contribution in [0.1, 0.15) is 42.5 Å². The summed E-state index contributed by atoms with van der Waals surface area (Å²) in [5, 5.41) is 13.1. The largest absolute Gasteiger partial charge is 0.493 e. The van der Waals surface area contributed by atoms with E-state index in [1.807, 2.05) is 25.1 Å². The second kappa shape index (κ2) is 9.66. The van der Waals surface area contributed by atoms with Crippen LogP contribution in [-0.4, -0.2) is 12.5 Å². The summed E-state index contributed by atoms with van der Waals surface area (Å²) >= 11 is 10.3. The number of rotatable bonds is 5. The van der Waals surface area contributed by atoms with Crippen molar-refractivity contribution >= 4 is 56.5 Å². The molecule has 0 radical (unpaired) electrons. The van der Waals surface area contributed by atoms with Crippen LogP contribution >= 0.6 is 39.5 Å². The van der Waals surface area contributed by atoms with Crippen molar-refractivity contribution in [1.82, 2.24) is 0 Å². The number of nitrogens with zero attached hydrogens (tertiary/aromatic N) is 1. The molecule has 1 aliphatic rings. The molecule has 0 aliphatic heterocycles. The molecule has 1 heterocycles. The Bertz CT molecular complexity index is 1070. The van der Waals surface area contributed by atoms with Gasteiger partial charge in [0.1, 0.15) is 16.8 Å². The van der Waals surface area contributed by atoms with Gasteiger partial charge in [0.05, 0.1) is 16.0 Å². The number of hydrogen-bond donors (Lipinski definition) is 1. The third-order valence-electron chi connectivity index (χ3n) is 4.81. The molecule has 0 saturated heterocycles. The average Bonchev–Trinajstić information content (AvgIpc) is 2.69. The number of nitriles is 1. The lowest BCUT2D eigenvalue weighted by atomic mass is 9.85. The van der Waals surface area contributed by atoms with Crippen LogP contribution in [0.4, 0.5) is 5.00 Å². The molecular weight excluding hydrogens is 468 g/mol. The zero-order valence-electron chi connectivity index (χ0n) is 16.3. The first-order valence-corrected chi connectivity index (χ1v) is 11.4. The number of carbonyl (C=O) groups excluding carboxylic acids is 1. The van der Waals surface area contributed by atoms with Crippen LogP contribution in [0.3, 0.4) is 0 Å². The molecule has 1 aromatic heterocycles. The van der Waals surface area contributed by atoms with Gasteiger partial charge in [0.15, 0.2) is 0 Å². The monoisotopic (exact) mass is 488 g/mol. The molecule has 0 fully saturated rings. The highest BCUT2D eigenvalue weighted by Gasteiger charge is 2.23. The highest BCUT2D eigenvalue weighted by atomic mass is 79.9. The number of nitrogens with one attached hydrogen (secondary N) is 1. The van der Waals surface area contributed by atoms with E-state index in [0.717, 1.165) is 44.2 Å². The van der Waals surface area contributed by atoms with Crippen molar-refractivity contribution in [3.05, 3.63) is 54.8 Å². The van der Waals surface area contributed by atoms with Gasteiger partial charge in [-0.3, -0.25) is 4.79 Å². The Morgan fingerprint density at radius 2 is 2.28 bits per heavy atom. The number of anilines is 1. The van der Waals surface area contributed by atoms with Crippen molar-refractivity contribution < 1.29 is 9.53 Å². The van der Waals surface area contributed by atoms with E-state index in [-0.39, 0.29) is 5.91 Å². The molecule has 7 heteroatoms. The summed E-state index contributed by atoms with van der Waals surface area (Å²) in [7, 11) is 0. The number of halogens is 1. The molecule has 2 aromatic rings. The van der Waals surface area contributed by atoms with Gasteiger partial charge in [-0.25, -0.2) is 0 Å². The van der Waals surface area contributed by atoms with Crippen LogP contribution in [0.5, 0.6) is 5.75 Å². The normalized spacial score (nSPS) is 15.6. The van der Waals surface area contributed by atoms with Crippen LogP contribution in [0.25, 0.3) is 6.08 Å². The molecule has 29 heavy (non-hydrogen) atoms. The Labute approximate surface area is 188 Å². The molecule has 0 spiro atoms. The van der Waals surface area contributed by atoms with E-state index >= 15 is 0 Å². The van der Waals surface area contributed by atoms with Crippen molar-refractivity contribution in [3.8, 4) is 11.8 Å². The van der Waals surface area contributed by atoms with E-state index in [0.29, 0.717) is 28.8 Å². The van der Waals surface area contributed by atoms with Gasteiger partial charge in [0, 0.05) is 16.1 Å². The fraction of sp³-hybridized carbons (Fsp3) is 0.318. The maximum atomic E-state index is 12.6. The maximum Gasteiger partial charge on any atom is 0.249 e. The quantitative estimate of drug-likeness (QED) is 0.396. The molecule has 1 amide bonds. The lowest BCUT2D eigenvalue weighted by Crippen LogP contribution is -2.15. The number of benzene rings is 1. The van der Waals surface area contributed by atoms with Crippen LogP contribution < -0.4 is 10.1 Å². The summed E-state index contributed by atoms with van der Waals surface area (Å²) in [4.78, 5) is 12.6. The van der Waals surface area contributed by atoms with Crippen molar-refractivity contribution in [3.63, 3.8) is 0 Å². The van der Waals surface area contributed by atoms with Crippen molar-refractivity contribution in [2.24, 2.45) is 5.92 Å². The first-order valence-electron chi connectivity index (χ1n) is 9.43. The molecule has 0 bridgehead atoms. The Balaban J connectivity index is 1.86. The Kier molecular flexibility index (Phi) is 7.23. The van der Waals surface area contributed by atoms with Gasteiger partial charge >= 0.3 is 0 Å².